The molecule has 1 aliphatic heterocycles. The molecule has 0 aliphatic carbocycles. The van der Waals surface area contributed by atoms with Gasteiger partial charge in [-0.15, -0.1) is 0 Å². The summed E-state index contributed by atoms with van der Waals surface area (Å²) < 4.78 is 0. The highest BCUT2D eigenvalue weighted by molar-refractivity contribution is 6.30. The Balaban J connectivity index is 1.51. The number of aromatic nitrogens is 2. The van der Waals surface area contributed by atoms with E-state index in [2.05, 4.69) is 15.1 Å². The van der Waals surface area contributed by atoms with E-state index >= 15 is 0 Å². The van der Waals surface area contributed by atoms with Crippen LogP contribution in [0.3, 0.4) is 0 Å². The number of hydrogen-bond donors (Lipinski definition) is 2. The maximum atomic E-state index is 13.5. The van der Waals surface area contributed by atoms with Crippen LogP contribution in [0.15, 0.2) is 90.3 Å². The lowest BCUT2D eigenvalue weighted by atomic mass is 9.98. The molecule has 1 amide bonds. The van der Waals surface area contributed by atoms with Gasteiger partial charge in [0.05, 0.1) is 11.8 Å². The summed E-state index contributed by atoms with van der Waals surface area (Å²) in [5, 5.41) is 17.2. The van der Waals surface area contributed by atoms with Gasteiger partial charge in [0.2, 0.25) is 0 Å². The Hall–Kier alpha value is -3.90. The minimum absolute atomic E-state index is 0.131. The fourth-order valence-electron chi connectivity index (χ4n) is 3.86. The molecular formula is C25H19ClN4O2. The molecule has 0 radical (unpaired) electrons. The Morgan fingerprint density at radius 3 is 2.56 bits per heavy atom. The number of pyridine rings is 1. The van der Waals surface area contributed by atoms with Crippen molar-refractivity contribution in [2.75, 3.05) is 0 Å². The number of benzene rings is 2. The summed E-state index contributed by atoms with van der Waals surface area (Å²) in [7, 11) is 0. The van der Waals surface area contributed by atoms with Gasteiger partial charge in [0.15, 0.2) is 0 Å². The number of hydrogen-bond acceptors (Lipinski definition) is 4. The Morgan fingerprint density at radius 1 is 1.00 bits per heavy atom. The fraction of sp³-hybridized carbons (Fsp3) is 0.0800. The maximum absolute atomic E-state index is 13.5. The predicted octanol–water partition coefficient (Wildman–Crippen LogP) is 5.43. The number of halogens is 1. The van der Waals surface area contributed by atoms with E-state index in [0.717, 1.165) is 22.5 Å². The van der Waals surface area contributed by atoms with E-state index in [0.29, 0.717) is 22.7 Å². The van der Waals surface area contributed by atoms with Gasteiger partial charge < -0.3 is 10.1 Å². The highest BCUT2D eigenvalue weighted by Gasteiger charge is 2.35. The van der Waals surface area contributed by atoms with Crippen molar-refractivity contribution in [3.05, 3.63) is 107 Å². The zero-order chi connectivity index (χ0) is 22.1. The maximum Gasteiger partial charge on any atom is 0.290 e. The third kappa shape index (κ3) is 3.76. The van der Waals surface area contributed by atoms with Crippen LogP contribution in [0.4, 0.5) is 0 Å². The van der Waals surface area contributed by atoms with Gasteiger partial charge >= 0.3 is 0 Å². The van der Waals surface area contributed by atoms with Crippen molar-refractivity contribution in [1.29, 1.82) is 0 Å². The van der Waals surface area contributed by atoms with Crippen molar-refractivity contribution in [1.82, 2.24) is 15.0 Å². The van der Waals surface area contributed by atoms with Crippen LogP contribution in [0.1, 0.15) is 34.1 Å². The Kier molecular flexibility index (Phi) is 5.21. The molecule has 3 heterocycles. The number of amides is 1. The normalized spacial score (nSPS) is 15.6. The Labute approximate surface area is 189 Å². The van der Waals surface area contributed by atoms with Crippen LogP contribution in [-0.4, -0.2) is 31.7 Å². The first-order valence-corrected chi connectivity index (χ1v) is 10.5. The molecule has 2 aromatic carbocycles. The first-order chi connectivity index (χ1) is 15.6. The largest absolute Gasteiger partial charge is 0.508 e. The third-order valence-corrected chi connectivity index (χ3v) is 5.73. The first kappa shape index (κ1) is 20.0. The quantitative estimate of drug-likeness (QED) is 0.442. The van der Waals surface area contributed by atoms with Crippen LogP contribution in [0.25, 0.3) is 11.3 Å². The molecule has 1 atom stereocenters. The van der Waals surface area contributed by atoms with E-state index in [1.54, 1.807) is 42.7 Å². The molecule has 32 heavy (non-hydrogen) atoms. The van der Waals surface area contributed by atoms with Gasteiger partial charge in [0, 0.05) is 40.7 Å². The second-order valence-corrected chi connectivity index (χ2v) is 7.95. The highest BCUT2D eigenvalue weighted by Crippen LogP contribution is 2.37. The molecular weight excluding hydrogens is 424 g/mol. The minimum atomic E-state index is -0.429. The number of phenols is 1. The summed E-state index contributed by atoms with van der Waals surface area (Å²) in [4.78, 5) is 20.8. The van der Waals surface area contributed by atoms with Gasteiger partial charge in [-0.05, 0) is 42.0 Å². The number of rotatable bonds is 4. The predicted molar refractivity (Wildman–Crippen MR) is 124 cm³/mol. The van der Waals surface area contributed by atoms with E-state index < -0.39 is 6.04 Å². The van der Waals surface area contributed by atoms with Crippen molar-refractivity contribution in [3.8, 4) is 17.0 Å². The number of phenolic OH excluding ortho intramolecular Hbond substituents is 1. The average molecular weight is 443 g/mol. The standard InChI is InChI=1S/C25H19ClN4O2/c26-18-9-7-16(8-10-18)20-11-12-21(28-20)25(32)30-23(19-5-1-2-6-24(19)31)14-22(29-30)17-4-3-13-27-15-17/h1-13,15,23,28,31H,14H2. The second kappa shape index (κ2) is 8.32. The zero-order valence-corrected chi connectivity index (χ0v) is 17.7. The number of hydrazone groups is 1. The summed E-state index contributed by atoms with van der Waals surface area (Å²) in [6, 6.07) is 21.3. The first-order valence-electron chi connectivity index (χ1n) is 10.1. The smallest absolute Gasteiger partial charge is 0.290 e. The van der Waals surface area contributed by atoms with E-state index in [4.69, 9.17) is 11.6 Å². The monoisotopic (exact) mass is 442 g/mol. The third-order valence-electron chi connectivity index (χ3n) is 5.48. The summed E-state index contributed by atoms with van der Waals surface area (Å²) >= 11 is 5.98. The zero-order valence-electron chi connectivity index (χ0n) is 16.9. The molecule has 1 unspecified atom stereocenters. The van der Waals surface area contributed by atoms with Gasteiger partial charge in [0.25, 0.3) is 5.91 Å². The molecule has 6 nitrogen and oxygen atoms in total. The lowest BCUT2D eigenvalue weighted by molar-refractivity contribution is 0.0704. The number of carbonyl (C=O) groups is 1. The van der Waals surface area contributed by atoms with Crippen LogP contribution < -0.4 is 0 Å². The van der Waals surface area contributed by atoms with Crippen molar-refractivity contribution in [2.24, 2.45) is 5.10 Å². The summed E-state index contributed by atoms with van der Waals surface area (Å²) in [6.45, 7) is 0. The van der Waals surface area contributed by atoms with E-state index in [1.807, 2.05) is 42.5 Å². The van der Waals surface area contributed by atoms with Crippen LogP contribution in [-0.2, 0) is 0 Å². The molecule has 1 aliphatic rings. The summed E-state index contributed by atoms with van der Waals surface area (Å²) in [5.74, 6) is -0.149. The van der Waals surface area contributed by atoms with Crippen LogP contribution in [0, 0.1) is 0 Å². The molecule has 0 saturated heterocycles. The van der Waals surface area contributed by atoms with Crippen LogP contribution >= 0.6 is 11.6 Å². The SMILES string of the molecule is O=C(c1ccc(-c2ccc(Cl)cc2)[nH]1)N1N=C(c2cccnc2)CC1c1ccccc1O. The topological polar surface area (TPSA) is 81.6 Å². The summed E-state index contributed by atoms with van der Waals surface area (Å²) in [5.41, 5.74) is 4.37. The molecule has 5 rings (SSSR count). The van der Waals surface area contributed by atoms with Crippen molar-refractivity contribution < 1.29 is 9.90 Å². The van der Waals surface area contributed by atoms with Gasteiger partial charge in [0.1, 0.15) is 11.4 Å². The number of carbonyl (C=O) groups excluding carboxylic acids is 1. The molecule has 7 heteroatoms. The molecule has 158 valence electrons. The van der Waals surface area contributed by atoms with Gasteiger partial charge in [-0.1, -0.05) is 48.0 Å². The molecule has 2 N–H and O–H groups in total. The Bertz CT molecular complexity index is 1300. The minimum Gasteiger partial charge on any atom is -0.508 e. The number of aromatic hydroxyl groups is 1. The molecule has 0 saturated carbocycles. The second-order valence-electron chi connectivity index (χ2n) is 7.51. The number of para-hydroxylation sites is 1. The molecule has 0 spiro atoms. The molecule has 0 bridgehead atoms. The number of nitrogens with zero attached hydrogens (tertiary/aromatic N) is 3. The molecule has 0 fully saturated rings. The lowest BCUT2D eigenvalue weighted by Crippen LogP contribution is -2.27. The van der Waals surface area contributed by atoms with E-state index in [1.165, 1.54) is 5.01 Å². The average Bonchev–Trinajstić information content (AvgIpc) is 3.48. The van der Waals surface area contributed by atoms with E-state index in [-0.39, 0.29) is 11.7 Å². The lowest BCUT2D eigenvalue weighted by Gasteiger charge is -2.22. The number of nitrogens with one attached hydrogen (secondary N) is 1. The van der Waals surface area contributed by atoms with Gasteiger partial charge in [-0.25, -0.2) is 5.01 Å². The van der Waals surface area contributed by atoms with E-state index in [9.17, 15) is 9.90 Å². The van der Waals surface area contributed by atoms with Crippen molar-refractivity contribution in [3.63, 3.8) is 0 Å². The van der Waals surface area contributed by atoms with Crippen LogP contribution in [0.5, 0.6) is 5.75 Å². The van der Waals surface area contributed by atoms with Crippen LogP contribution in [0.2, 0.25) is 5.02 Å². The fourth-order valence-corrected chi connectivity index (χ4v) is 3.98. The summed E-state index contributed by atoms with van der Waals surface area (Å²) in [6.07, 6.45) is 3.89. The Morgan fingerprint density at radius 2 is 1.81 bits per heavy atom. The molecule has 2 aromatic heterocycles. The van der Waals surface area contributed by atoms with Gasteiger partial charge in [-0.2, -0.15) is 5.10 Å². The highest BCUT2D eigenvalue weighted by atomic mass is 35.5. The van der Waals surface area contributed by atoms with Crippen molar-refractivity contribution >= 4 is 23.2 Å². The molecule has 4 aromatic rings. The number of H-pyrrole nitrogens is 1. The van der Waals surface area contributed by atoms with Crippen molar-refractivity contribution in [2.45, 2.75) is 12.5 Å². The number of aromatic amines is 1. The van der Waals surface area contributed by atoms with Gasteiger partial charge in [-0.3, -0.25) is 9.78 Å².